The molecule has 2 aliphatic carbocycles. The van der Waals surface area contributed by atoms with Gasteiger partial charge in [-0.2, -0.15) is 0 Å². The molecule has 2 fully saturated rings. The van der Waals surface area contributed by atoms with Crippen LogP contribution in [0.25, 0.3) is 0 Å². The molecule has 1 unspecified atom stereocenters. The molecule has 0 spiro atoms. The second-order valence-corrected chi connectivity index (χ2v) is 4.60. The highest BCUT2D eigenvalue weighted by Gasteiger charge is 2.32. The highest BCUT2D eigenvalue weighted by Crippen LogP contribution is 2.33. The average molecular weight is 185 g/mol. The van der Waals surface area contributed by atoms with Crippen LogP contribution in [0.15, 0.2) is 0 Å². The smallest absolute Gasteiger partial charge is 0.105 e. The van der Waals surface area contributed by atoms with Crippen LogP contribution in [0.4, 0.5) is 4.39 Å². The fraction of sp³-hybridized carbons (Fsp3) is 1.00. The molecule has 0 radical (unpaired) electrons. The van der Waals surface area contributed by atoms with Gasteiger partial charge in [-0.3, -0.25) is 0 Å². The van der Waals surface area contributed by atoms with E-state index >= 15 is 0 Å². The van der Waals surface area contributed by atoms with Crippen LogP contribution in [0.1, 0.15) is 44.9 Å². The second kappa shape index (κ2) is 4.41. The van der Waals surface area contributed by atoms with E-state index in [2.05, 4.69) is 5.32 Å². The van der Waals surface area contributed by atoms with Gasteiger partial charge in [0.2, 0.25) is 0 Å². The van der Waals surface area contributed by atoms with E-state index in [4.69, 9.17) is 0 Å². The van der Waals surface area contributed by atoms with Crippen LogP contribution in [0.2, 0.25) is 0 Å². The van der Waals surface area contributed by atoms with Gasteiger partial charge in [-0.05, 0) is 31.6 Å². The Hall–Kier alpha value is -0.110. The summed E-state index contributed by atoms with van der Waals surface area (Å²) in [6, 6.07) is 0.804. The van der Waals surface area contributed by atoms with E-state index in [-0.39, 0.29) is 12.7 Å². The first-order valence-electron chi connectivity index (χ1n) is 5.72. The van der Waals surface area contributed by atoms with E-state index in [1.165, 1.54) is 44.9 Å². The number of halogens is 1. The lowest BCUT2D eigenvalue weighted by molar-refractivity contribution is 0.278. The Balaban J connectivity index is 1.73. The molecule has 0 aromatic heterocycles. The first-order valence-corrected chi connectivity index (χ1v) is 5.72. The Morgan fingerprint density at radius 1 is 1.08 bits per heavy atom. The molecule has 1 N–H and O–H groups in total. The summed E-state index contributed by atoms with van der Waals surface area (Å²) in [4.78, 5) is 0. The molecule has 2 heteroatoms. The summed E-state index contributed by atoms with van der Waals surface area (Å²) in [5, 5.41) is 3.49. The van der Waals surface area contributed by atoms with Crippen molar-refractivity contribution >= 4 is 0 Å². The topological polar surface area (TPSA) is 12.0 Å². The summed E-state index contributed by atoms with van der Waals surface area (Å²) in [6.07, 6.45) is 9.07. The summed E-state index contributed by atoms with van der Waals surface area (Å²) in [7, 11) is 0. The zero-order valence-electron chi connectivity index (χ0n) is 8.27. The Morgan fingerprint density at radius 2 is 1.77 bits per heavy atom. The minimum Gasteiger partial charge on any atom is -0.308 e. The monoisotopic (exact) mass is 185 g/mol. The predicted molar refractivity (Wildman–Crippen MR) is 52.5 cm³/mol. The minimum atomic E-state index is -0.166. The largest absolute Gasteiger partial charge is 0.308 e. The fourth-order valence-corrected chi connectivity index (χ4v) is 2.38. The molecular formula is C11H20FN. The summed E-state index contributed by atoms with van der Waals surface area (Å²) in [5.74, 6) is 0.659. The molecule has 0 amide bonds. The van der Waals surface area contributed by atoms with Crippen molar-refractivity contribution in [1.82, 2.24) is 5.32 Å². The van der Waals surface area contributed by atoms with Crippen LogP contribution in [-0.2, 0) is 0 Å². The third kappa shape index (κ3) is 2.67. The molecule has 13 heavy (non-hydrogen) atoms. The van der Waals surface area contributed by atoms with E-state index in [9.17, 15) is 4.39 Å². The van der Waals surface area contributed by atoms with Crippen LogP contribution in [0.3, 0.4) is 0 Å². The van der Waals surface area contributed by atoms with Crippen molar-refractivity contribution in [3.63, 3.8) is 0 Å². The molecule has 1 atom stereocenters. The Bertz CT molecular complexity index is 150. The minimum absolute atomic E-state index is 0.166. The van der Waals surface area contributed by atoms with E-state index in [1.807, 2.05) is 0 Å². The van der Waals surface area contributed by atoms with E-state index in [1.54, 1.807) is 0 Å². The van der Waals surface area contributed by atoms with Crippen LogP contribution < -0.4 is 5.32 Å². The molecule has 0 aromatic rings. The van der Waals surface area contributed by atoms with E-state index in [0.29, 0.717) is 12.0 Å². The quantitative estimate of drug-likeness (QED) is 0.710. The molecule has 2 rings (SSSR count). The van der Waals surface area contributed by atoms with Gasteiger partial charge in [0.05, 0.1) is 0 Å². The van der Waals surface area contributed by atoms with Gasteiger partial charge < -0.3 is 5.32 Å². The van der Waals surface area contributed by atoms with Crippen molar-refractivity contribution in [1.29, 1.82) is 0 Å². The first kappa shape index (κ1) is 9.45. The molecule has 1 nitrogen and oxygen atoms in total. The van der Waals surface area contributed by atoms with Gasteiger partial charge in [0, 0.05) is 12.1 Å². The molecule has 0 aromatic carbocycles. The molecule has 2 saturated carbocycles. The Morgan fingerprint density at radius 3 is 2.31 bits per heavy atom. The Kier molecular flexibility index (Phi) is 3.20. The third-order valence-electron chi connectivity index (χ3n) is 3.41. The number of hydrogen-bond acceptors (Lipinski definition) is 1. The second-order valence-electron chi connectivity index (χ2n) is 4.60. The van der Waals surface area contributed by atoms with Crippen LogP contribution in [0, 0.1) is 5.92 Å². The summed E-state index contributed by atoms with van der Waals surface area (Å²) >= 11 is 0. The first-order chi connectivity index (χ1) is 6.40. The van der Waals surface area contributed by atoms with E-state index in [0.717, 1.165) is 0 Å². The van der Waals surface area contributed by atoms with Crippen molar-refractivity contribution in [2.75, 3.05) is 6.67 Å². The SMILES string of the molecule is FCC(NC1CCCCC1)C1CC1. The molecule has 0 aliphatic heterocycles. The number of alkyl halides is 1. The average Bonchev–Trinajstić information content (AvgIpc) is 2.99. The fourth-order valence-electron chi connectivity index (χ4n) is 2.38. The van der Waals surface area contributed by atoms with Crippen molar-refractivity contribution in [3.05, 3.63) is 0 Å². The lowest BCUT2D eigenvalue weighted by Crippen LogP contribution is -2.42. The third-order valence-corrected chi connectivity index (χ3v) is 3.41. The maximum atomic E-state index is 12.6. The van der Waals surface area contributed by atoms with Gasteiger partial charge in [0.15, 0.2) is 0 Å². The van der Waals surface area contributed by atoms with Gasteiger partial charge in [0.1, 0.15) is 6.67 Å². The van der Waals surface area contributed by atoms with Gasteiger partial charge in [0.25, 0.3) is 0 Å². The van der Waals surface area contributed by atoms with Gasteiger partial charge in [-0.25, -0.2) is 4.39 Å². The van der Waals surface area contributed by atoms with Crippen molar-refractivity contribution < 1.29 is 4.39 Å². The maximum absolute atomic E-state index is 12.6. The standard InChI is InChI=1S/C11H20FN/c12-8-11(9-6-7-9)13-10-4-2-1-3-5-10/h9-11,13H,1-8H2. The highest BCUT2D eigenvalue weighted by molar-refractivity contribution is 4.88. The number of nitrogens with one attached hydrogen (secondary N) is 1. The lowest BCUT2D eigenvalue weighted by atomic mass is 9.94. The predicted octanol–water partition coefficient (Wildman–Crippen LogP) is 2.66. The summed E-state index contributed by atoms with van der Waals surface area (Å²) in [5.41, 5.74) is 0. The normalized spacial score (nSPS) is 27.5. The molecule has 2 aliphatic rings. The van der Waals surface area contributed by atoms with Crippen LogP contribution >= 0.6 is 0 Å². The van der Waals surface area contributed by atoms with Gasteiger partial charge >= 0.3 is 0 Å². The summed E-state index contributed by atoms with van der Waals surface area (Å²) in [6.45, 7) is -0.166. The highest BCUT2D eigenvalue weighted by atomic mass is 19.1. The molecular weight excluding hydrogens is 165 g/mol. The lowest BCUT2D eigenvalue weighted by Gasteiger charge is -2.27. The van der Waals surface area contributed by atoms with Crippen molar-refractivity contribution in [2.45, 2.75) is 57.0 Å². The van der Waals surface area contributed by atoms with E-state index < -0.39 is 0 Å². The number of hydrogen-bond donors (Lipinski definition) is 1. The Labute approximate surface area is 80.1 Å². The maximum Gasteiger partial charge on any atom is 0.105 e. The van der Waals surface area contributed by atoms with Gasteiger partial charge in [-0.15, -0.1) is 0 Å². The molecule has 76 valence electrons. The molecule has 0 heterocycles. The zero-order valence-corrected chi connectivity index (χ0v) is 8.27. The van der Waals surface area contributed by atoms with Crippen molar-refractivity contribution in [3.8, 4) is 0 Å². The molecule has 0 saturated heterocycles. The number of rotatable bonds is 4. The van der Waals surface area contributed by atoms with Crippen LogP contribution in [-0.4, -0.2) is 18.8 Å². The van der Waals surface area contributed by atoms with Gasteiger partial charge in [-0.1, -0.05) is 19.3 Å². The van der Waals surface area contributed by atoms with Crippen molar-refractivity contribution in [2.24, 2.45) is 5.92 Å². The zero-order chi connectivity index (χ0) is 9.10. The summed E-state index contributed by atoms with van der Waals surface area (Å²) < 4.78 is 12.6. The van der Waals surface area contributed by atoms with Crippen LogP contribution in [0.5, 0.6) is 0 Å². The molecule has 0 bridgehead atoms.